The summed E-state index contributed by atoms with van der Waals surface area (Å²) < 4.78 is 29.1. The van der Waals surface area contributed by atoms with E-state index in [0.717, 1.165) is 27.7 Å². The Labute approximate surface area is 179 Å². The van der Waals surface area contributed by atoms with Gasteiger partial charge in [0.1, 0.15) is 19.0 Å². The minimum atomic E-state index is 0.402. The maximum absolute atomic E-state index is 5.85. The van der Waals surface area contributed by atoms with Gasteiger partial charge in [0, 0.05) is 25.7 Å². The molecule has 9 nitrogen and oxygen atoms in total. The molecule has 2 heterocycles. The van der Waals surface area contributed by atoms with Crippen molar-refractivity contribution in [1.29, 1.82) is 0 Å². The van der Waals surface area contributed by atoms with Crippen LogP contribution in [0.4, 0.5) is 0 Å². The van der Waals surface area contributed by atoms with E-state index in [1.54, 1.807) is 39.8 Å². The second-order valence-electron chi connectivity index (χ2n) is 6.68. The third-order valence-corrected chi connectivity index (χ3v) is 4.80. The Balaban J connectivity index is 1.79. The Hall–Kier alpha value is -3.43. The van der Waals surface area contributed by atoms with E-state index in [4.69, 9.17) is 23.7 Å². The number of methoxy groups -OCH3 is 3. The number of rotatable bonds is 10. The van der Waals surface area contributed by atoms with Gasteiger partial charge in [-0.1, -0.05) is 6.07 Å². The number of benzene rings is 2. The van der Waals surface area contributed by atoms with Crippen molar-refractivity contribution in [2.45, 2.75) is 0 Å². The van der Waals surface area contributed by atoms with E-state index in [1.807, 2.05) is 28.9 Å². The molecular formula is C22H24N4O5. The molecule has 0 fully saturated rings. The van der Waals surface area contributed by atoms with E-state index in [2.05, 4.69) is 15.3 Å². The Morgan fingerprint density at radius 3 is 2.32 bits per heavy atom. The van der Waals surface area contributed by atoms with Gasteiger partial charge in [0.25, 0.3) is 0 Å². The average molecular weight is 424 g/mol. The Bertz CT molecular complexity index is 1180. The molecule has 4 aromatic rings. The number of aromatic nitrogens is 4. The molecule has 2 aromatic heterocycles. The Morgan fingerprint density at radius 2 is 1.58 bits per heavy atom. The van der Waals surface area contributed by atoms with Crippen LogP contribution in [0.3, 0.4) is 0 Å². The van der Waals surface area contributed by atoms with Crippen molar-refractivity contribution in [3.63, 3.8) is 0 Å². The molecule has 9 heteroatoms. The summed E-state index contributed by atoms with van der Waals surface area (Å²) in [4.78, 5) is 0. The highest BCUT2D eigenvalue weighted by atomic mass is 16.5. The van der Waals surface area contributed by atoms with Crippen LogP contribution < -0.4 is 14.2 Å². The molecule has 0 amide bonds. The summed E-state index contributed by atoms with van der Waals surface area (Å²) in [5.41, 5.74) is 2.33. The van der Waals surface area contributed by atoms with Gasteiger partial charge >= 0.3 is 0 Å². The minimum absolute atomic E-state index is 0.402. The second-order valence-corrected chi connectivity index (χ2v) is 6.68. The molecule has 0 atom stereocenters. The lowest BCUT2D eigenvalue weighted by Gasteiger charge is -2.13. The number of hydrogen-bond acceptors (Lipinski definition) is 8. The molecule has 0 radical (unpaired) electrons. The van der Waals surface area contributed by atoms with Gasteiger partial charge in [-0.05, 0) is 18.2 Å². The maximum atomic E-state index is 5.85. The van der Waals surface area contributed by atoms with Gasteiger partial charge in [0.2, 0.25) is 0 Å². The lowest BCUT2D eigenvalue weighted by Crippen LogP contribution is -2.06. The molecule has 0 aliphatic rings. The van der Waals surface area contributed by atoms with Crippen LogP contribution in [0.1, 0.15) is 0 Å². The second kappa shape index (κ2) is 9.59. The minimum Gasteiger partial charge on any atom is -0.493 e. The number of hydrogen-bond donors (Lipinski definition) is 0. The zero-order chi connectivity index (χ0) is 21.6. The van der Waals surface area contributed by atoms with E-state index in [9.17, 15) is 0 Å². The largest absolute Gasteiger partial charge is 0.493 e. The predicted octanol–water partition coefficient (Wildman–Crippen LogP) is 3.03. The van der Waals surface area contributed by atoms with Crippen molar-refractivity contribution in [3.05, 3.63) is 42.7 Å². The van der Waals surface area contributed by atoms with E-state index >= 15 is 0 Å². The standard InChI is InChI=1S/C22H24N4O5/c1-27-7-9-30-20-6-4-5-18-16(20)13-24-26(18)19-14-23-25-17-12-21(29-3)22(11-15(17)19)31-10-8-28-2/h4-6,11-14H,7-10H2,1-3H3. The molecule has 162 valence electrons. The van der Waals surface area contributed by atoms with Gasteiger partial charge in [0.05, 0.1) is 54.8 Å². The molecule has 4 rings (SSSR count). The van der Waals surface area contributed by atoms with Gasteiger partial charge in [-0.3, -0.25) is 0 Å². The summed E-state index contributed by atoms with van der Waals surface area (Å²) in [5, 5.41) is 14.7. The predicted molar refractivity (Wildman–Crippen MR) is 115 cm³/mol. The number of ether oxygens (including phenoxy) is 5. The summed E-state index contributed by atoms with van der Waals surface area (Å²) in [6, 6.07) is 9.53. The molecule has 0 spiro atoms. The van der Waals surface area contributed by atoms with Crippen LogP contribution in [0, 0.1) is 0 Å². The smallest absolute Gasteiger partial charge is 0.163 e. The highest BCUT2D eigenvalue weighted by Crippen LogP contribution is 2.35. The molecule has 2 aromatic carbocycles. The highest BCUT2D eigenvalue weighted by molar-refractivity contribution is 5.93. The first-order valence-corrected chi connectivity index (χ1v) is 9.81. The molecule has 0 N–H and O–H groups in total. The van der Waals surface area contributed by atoms with Crippen molar-refractivity contribution >= 4 is 21.8 Å². The summed E-state index contributed by atoms with van der Waals surface area (Å²) in [7, 11) is 4.87. The molecule has 0 bridgehead atoms. The van der Waals surface area contributed by atoms with Crippen molar-refractivity contribution in [3.8, 4) is 22.9 Å². The fourth-order valence-electron chi connectivity index (χ4n) is 3.31. The van der Waals surface area contributed by atoms with Gasteiger partial charge in [-0.25, -0.2) is 4.68 Å². The molecular weight excluding hydrogens is 400 g/mol. The lowest BCUT2D eigenvalue weighted by atomic mass is 10.1. The monoisotopic (exact) mass is 424 g/mol. The summed E-state index contributed by atoms with van der Waals surface area (Å²) in [6.45, 7) is 1.84. The Kier molecular flexibility index (Phi) is 6.44. The van der Waals surface area contributed by atoms with Gasteiger partial charge in [0.15, 0.2) is 11.5 Å². The van der Waals surface area contributed by atoms with Crippen molar-refractivity contribution in [2.24, 2.45) is 0 Å². The quantitative estimate of drug-likeness (QED) is 0.359. The van der Waals surface area contributed by atoms with Crippen LogP contribution in [0.15, 0.2) is 42.7 Å². The third-order valence-electron chi connectivity index (χ3n) is 4.80. The van der Waals surface area contributed by atoms with Crippen LogP contribution >= 0.6 is 0 Å². The van der Waals surface area contributed by atoms with E-state index in [-0.39, 0.29) is 0 Å². The zero-order valence-corrected chi connectivity index (χ0v) is 17.7. The van der Waals surface area contributed by atoms with Crippen LogP contribution in [0.25, 0.3) is 27.5 Å². The molecule has 0 aliphatic heterocycles. The molecule has 31 heavy (non-hydrogen) atoms. The highest BCUT2D eigenvalue weighted by Gasteiger charge is 2.16. The summed E-state index contributed by atoms with van der Waals surface area (Å²) in [6.07, 6.45) is 3.46. The van der Waals surface area contributed by atoms with Crippen LogP contribution in [0.2, 0.25) is 0 Å². The fraction of sp³-hybridized carbons (Fsp3) is 0.318. The topological polar surface area (TPSA) is 89.8 Å². The van der Waals surface area contributed by atoms with E-state index in [1.165, 1.54) is 0 Å². The maximum Gasteiger partial charge on any atom is 0.163 e. The van der Waals surface area contributed by atoms with Crippen molar-refractivity contribution in [1.82, 2.24) is 20.0 Å². The third kappa shape index (κ3) is 4.23. The molecule has 0 aliphatic carbocycles. The van der Waals surface area contributed by atoms with Crippen LogP contribution in [-0.2, 0) is 9.47 Å². The van der Waals surface area contributed by atoms with Crippen LogP contribution in [-0.4, -0.2) is 67.7 Å². The van der Waals surface area contributed by atoms with E-state index in [0.29, 0.717) is 43.4 Å². The van der Waals surface area contributed by atoms with Crippen molar-refractivity contribution in [2.75, 3.05) is 47.8 Å². The van der Waals surface area contributed by atoms with Gasteiger partial charge in [-0.15, -0.1) is 0 Å². The Morgan fingerprint density at radius 1 is 0.806 bits per heavy atom. The van der Waals surface area contributed by atoms with Crippen LogP contribution in [0.5, 0.6) is 17.2 Å². The summed E-state index contributed by atoms with van der Waals surface area (Å²) >= 11 is 0. The van der Waals surface area contributed by atoms with E-state index < -0.39 is 0 Å². The number of nitrogens with zero attached hydrogens (tertiary/aromatic N) is 4. The first-order valence-electron chi connectivity index (χ1n) is 9.81. The zero-order valence-electron chi connectivity index (χ0n) is 17.7. The fourth-order valence-corrected chi connectivity index (χ4v) is 3.31. The first-order chi connectivity index (χ1) is 15.3. The van der Waals surface area contributed by atoms with Crippen molar-refractivity contribution < 1.29 is 23.7 Å². The molecule has 0 saturated carbocycles. The lowest BCUT2D eigenvalue weighted by molar-refractivity contribution is 0.144. The normalized spacial score (nSPS) is 11.2. The average Bonchev–Trinajstić information content (AvgIpc) is 3.23. The first kappa shape index (κ1) is 20.8. The van der Waals surface area contributed by atoms with Gasteiger partial charge < -0.3 is 23.7 Å². The molecule has 0 saturated heterocycles. The number of fused-ring (bicyclic) bond motifs is 2. The summed E-state index contributed by atoms with van der Waals surface area (Å²) in [5.74, 6) is 1.92. The van der Waals surface area contributed by atoms with Gasteiger partial charge in [-0.2, -0.15) is 15.3 Å². The molecule has 0 unspecified atom stereocenters. The SMILES string of the molecule is COCCOc1cc2c(-n3ncc4c(OCCOC)cccc43)cnnc2cc1OC.